The van der Waals surface area contributed by atoms with Gasteiger partial charge in [-0.1, -0.05) is 6.42 Å². The minimum atomic E-state index is -3.67. The lowest BCUT2D eigenvalue weighted by Gasteiger charge is -2.27. The third-order valence-electron chi connectivity index (χ3n) is 3.21. The van der Waals surface area contributed by atoms with Crippen molar-refractivity contribution in [3.63, 3.8) is 0 Å². The molecule has 1 atom stereocenters. The van der Waals surface area contributed by atoms with E-state index in [0.717, 1.165) is 17.1 Å². The Kier molecular flexibility index (Phi) is 10.7. The molecule has 0 saturated carbocycles. The van der Waals surface area contributed by atoms with Gasteiger partial charge in [0.2, 0.25) is 21.8 Å². The van der Waals surface area contributed by atoms with Crippen LogP contribution in [-0.2, 0) is 19.6 Å². The van der Waals surface area contributed by atoms with Crippen LogP contribution in [0.5, 0.6) is 0 Å². The molecule has 0 bridgehead atoms. The maximum absolute atomic E-state index is 12.3. The predicted molar refractivity (Wildman–Crippen MR) is 89.0 cm³/mol. The van der Waals surface area contributed by atoms with E-state index in [9.17, 15) is 18.0 Å². The number of hydrogen-bond acceptors (Lipinski definition) is 6. The number of hydrogen-bond donors (Lipinski definition) is 4. The van der Waals surface area contributed by atoms with Crippen LogP contribution in [0.15, 0.2) is 0 Å². The fourth-order valence-corrected chi connectivity index (χ4v) is 3.35. The average molecular weight is 351 g/mol. The summed E-state index contributed by atoms with van der Waals surface area (Å²) < 4.78 is 25.6. The fraction of sp³-hybridized carbons (Fsp3) is 0.846. The molecule has 2 amide bonds. The molecule has 6 N–H and O–H groups in total. The van der Waals surface area contributed by atoms with E-state index in [1.165, 1.54) is 14.0 Å². The Morgan fingerprint density at radius 1 is 1.17 bits per heavy atom. The molecule has 10 heteroatoms. The first-order valence-corrected chi connectivity index (χ1v) is 9.23. The Labute approximate surface area is 138 Å². The van der Waals surface area contributed by atoms with E-state index in [1.807, 2.05) is 0 Å². The summed E-state index contributed by atoms with van der Waals surface area (Å²) >= 11 is 0. The first-order chi connectivity index (χ1) is 10.8. The van der Waals surface area contributed by atoms with Crippen LogP contribution in [0.1, 0.15) is 26.2 Å². The summed E-state index contributed by atoms with van der Waals surface area (Å²) in [5, 5.41) is 5.12. The Bertz CT molecular complexity index is 469. The molecule has 0 fully saturated rings. The van der Waals surface area contributed by atoms with Crippen molar-refractivity contribution in [2.24, 2.45) is 11.5 Å². The number of amides is 2. The van der Waals surface area contributed by atoms with Gasteiger partial charge in [0.25, 0.3) is 0 Å². The minimum Gasteiger partial charge on any atom is -0.358 e. The number of rotatable bonds is 12. The van der Waals surface area contributed by atoms with E-state index in [-0.39, 0.29) is 37.3 Å². The summed E-state index contributed by atoms with van der Waals surface area (Å²) in [6, 6.07) is -0.378. The number of carbonyl (C=O) groups excluding carboxylic acids is 2. The van der Waals surface area contributed by atoms with Crippen LogP contribution in [-0.4, -0.2) is 69.6 Å². The Morgan fingerprint density at radius 3 is 2.30 bits per heavy atom. The number of carbonyl (C=O) groups is 2. The minimum absolute atomic E-state index is 0.0277. The summed E-state index contributed by atoms with van der Waals surface area (Å²) in [4.78, 5) is 22.9. The van der Waals surface area contributed by atoms with Crippen molar-refractivity contribution in [1.82, 2.24) is 14.9 Å². The largest absolute Gasteiger partial charge is 0.358 e. The van der Waals surface area contributed by atoms with E-state index in [2.05, 4.69) is 10.6 Å². The van der Waals surface area contributed by atoms with Crippen molar-refractivity contribution < 1.29 is 18.0 Å². The monoisotopic (exact) mass is 351 g/mol. The quantitative estimate of drug-likeness (QED) is 0.298. The summed E-state index contributed by atoms with van der Waals surface area (Å²) in [5.41, 5.74) is 10.8. The van der Waals surface area contributed by atoms with Crippen molar-refractivity contribution in [3.05, 3.63) is 0 Å². The van der Waals surface area contributed by atoms with Gasteiger partial charge in [-0.3, -0.25) is 9.59 Å². The fourth-order valence-electron chi connectivity index (χ4n) is 2.07. The van der Waals surface area contributed by atoms with Crippen LogP contribution in [0.25, 0.3) is 0 Å². The number of likely N-dealkylation sites (N-methyl/N-ethyl adjacent to an activating group) is 1. The van der Waals surface area contributed by atoms with Crippen LogP contribution < -0.4 is 22.1 Å². The number of nitrogens with two attached hydrogens (primary N) is 2. The molecule has 0 aliphatic carbocycles. The highest BCUT2D eigenvalue weighted by molar-refractivity contribution is 7.89. The van der Waals surface area contributed by atoms with E-state index < -0.39 is 15.9 Å². The van der Waals surface area contributed by atoms with Gasteiger partial charge in [-0.15, -0.1) is 0 Å². The molecule has 0 spiro atoms. The van der Waals surface area contributed by atoms with Gasteiger partial charge >= 0.3 is 0 Å². The first kappa shape index (κ1) is 21.8. The topological polar surface area (TPSA) is 148 Å². The number of unbranched alkanes of at least 4 members (excludes halogenated alkanes) is 1. The van der Waals surface area contributed by atoms with Gasteiger partial charge < -0.3 is 22.1 Å². The van der Waals surface area contributed by atoms with Crippen LogP contribution in [0.2, 0.25) is 0 Å². The molecule has 0 aliphatic heterocycles. The van der Waals surface area contributed by atoms with Crippen molar-refractivity contribution in [2.75, 3.05) is 39.0 Å². The van der Waals surface area contributed by atoms with E-state index >= 15 is 0 Å². The van der Waals surface area contributed by atoms with Gasteiger partial charge in [0.15, 0.2) is 0 Å². The Balaban J connectivity index is 5.08. The third-order valence-corrected chi connectivity index (χ3v) is 5.02. The molecule has 0 aromatic carbocycles. The molecule has 136 valence electrons. The van der Waals surface area contributed by atoms with E-state index in [4.69, 9.17) is 11.5 Å². The molecule has 0 aromatic heterocycles. The lowest BCUT2D eigenvalue weighted by atomic mass is 10.1. The highest BCUT2D eigenvalue weighted by atomic mass is 32.2. The van der Waals surface area contributed by atoms with Gasteiger partial charge in [-0.2, -0.15) is 4.31 Å². The molecule has 0 aliphatic rings. The molecule has 0 aromatic rings. The van der Waals surface area contributed by atoms with Gasteiger partial charge in [-0.05, 0) is 19.4 Å². The van der Waals surface area contributed by atoms with Crippen LogP contribution in [0, 0.1) is 0 Å². The standard InChI is InChI=1S/C13H29N5O4S/c1-11(19)17-12(5-3-4-6-14)9-18(10-13(20)16-2)23(21,22)8-7-15/h12H,3-10,14-15H2,1-2H3,(H,16,20)(H,17,19)/t12-/m0/s1. The summed E-state index contributed by atoms with van der Waals surface area (Å²) in [7, 11) is -2.23. The molecule has 0 unspecified atom stereocenters. The lowest BCUT2D eigenvalue weighted by Crippen LogP contribution is -2.49. The smallest absolute Gasteiger partial charge is 0.235 e. The maximum Gasteiger partial charge on any atom is 0.235 e. The Hall–Kier alpha value is -1.23. The average Bonchev–Trinajstić information content (AvgIpc) is 2.45. The normalized spacial score (nSPS) is 12.9. The second-order valence-corrected chi connectivity index (χ2v) is 7.34. The van der Waals surface area contributed by atoms with Crippen molar-refractivity contribution in [1.29, 1.82) is 0 Å². The molecule has 0 rings (SSSR count). The summed E-state index contributed by atoms with van der Waals surface area (Å²) in [6.07, 6.45) is 2.12. The van der Waals surface area contributed by atoms with Crippen LogP contribution in [0.4, 0.5) is 0 Å². The SMILES string of the molecule is CNC(=O)CN(C[C@H](CCCCN)NC(C)=O)S(=O)(=O)CCN. The Morgan fingerprint density at radius 2 is 1.83 bits per heavy atom. The number of sulfonamides is 1. The zero-order valence-corrected chi connectivity index (χ0v) is 14.7. The highest BCUT2D eigenvalue weighted by Gasteiger charge is 2.26. The van der Waals surface area contributed by atoms with E-state index in [1.54, 1.807) is 0 Å². The van der Waals surface area contributed by atoms with Crippen molar-refractivity contribution >= 4 is 21.8 Å². The molecule has 9 nitrogen and oxygen atoms in total. The van der Waals surface area contributed by atoms with Crippen molar-refractivity contribution in [2.45, 2.75) is 32.2 Å². The molecule has 0 radical (unpaired) electrons. The maximum atomic E-state index is 12.3. The molecule has 0 heterocycles. The van der Waals surface area contributed by atoms with Crippen LogP contribution in [0.3, 0.4) is 0 Å². The van der Waals surface area contributed by atoms with E-state index in [0.29, 0.717) is 13.0 Å². The zero-order valence-electron chi connectivity index (χ0n) is 13.9. The van der Waals surface area contributed by atoms with Gasteiger partial charge in [0.05, 0.1) is 12.3 Å². The summed E-state index contributed by atoms with van der Waals surface area (Å²) in [5.74, 6) is -0.924. The third kappa shape index (κ3) is 9.49. The first-order valence-electron chi connectivity index (χ1n) is 7.62. The molecular weight excluding hydrogens is 322 g/mol. The zero-order chi connectivity index (χ0) is 17.9. The second kappa shape index (κ2) is 11.3. The lowest BCUT2D eigenvalue weighted by molar-refractivity contribution is -0.120. The van der Waals surface area contributed by atoms with Gasteiger partial charge in [0.1, 0.15) is 0 Å². The molecule has 23 heavy (non-hydrogen) atoms. The van der Waals surface area contributed by atoms with Crippen molar-refractivity contribution in [3.8, 4) is 0 Å². The summed E-state index contributed by atoms with van der Waals surface area (Å²) in [6.45, 7) is 1.59. The number of nitrogens with zero attached hydrogens (tertiary/aromatic N) is 1. The second-order valence-electron chi connectivity index (χ2n) is 5.25. The molecular formula is C13H29N5O4S. The molecule has 0 saturated heterocycles. The highest BCUT2D eigenvalue weighted by Crippen LogP contribution is 2.08. The van der Waals surface area contributed by atoms with Gasteiger partial charge in [-0.25, -0.2) is 8.42 Å². The van der Waals surface area contributed by atoms with Gasteiger partial charge in [0, 0.05) is 33.1 Å². The predicted octanol–water partition coefficient (Wildman–Crippen LogP) is -2.04. The number of nitrogens with one attached hydrogen (secondary N) is 2. The van der Waals surface area contributed by atoms with Crippen LogP contribution >= 0.6 is 0 Å².